The molecule has 0 fully saturated rings. The van der Waals surface area contributed by atoms with Crippen molar-refractivity contribution in [3.8, 4) is 0 Å². The maximum absolute atomic E-state index is 11.5. The van der Waals surface area contributed by atoms with Crippen LogP contribution in [0.1, 0.15) is 33.6 Å². The van der Waals surface area contributed by atoms with Crippen molar-refractivity contribution in [2.45, 2.75) is 33.6 Å². The van der Waals surface area contributed by atoms with E-state index >= 15 is 0 Å². The maximum atomic E-state index is 11.5. The number of carbonyl (C=O) groups excluding carboxylic acids is 1. The Kier molecular flexibility index (Phi) is 9.24. The first kappa shape index (κ1) is 15.4. The Morgan fingerprint density at radius 2 is 2.12 bits per heavy atom. The van der Waals surface area contributed by atoms with E-state index in [1.807, 2.05) is 11.8 Å². The summed E-state index contributed by atoms with van der Waals surface area (Å²) in [5.41, 5.74) is 0. The smallest absolute Gasteiger partial charge is 0.234 e. The summed E-state index contributed by atoms with van der Waals surface area (Å²) in [6.07, 6.45) is 1.75. The van der Waals surface area contributed by atoms with Gasteiger partial charge in [-0.3, -0.25) is 9.69 Å². The molecule has 0 saturated heterocycles. The molecule has 0 bridgehead atoms. The van der Waals surface area contributed by atoms with Crippen LogP contribution in [0.3, 0.4) is 0 Å². The van der Waals surface area contributed by atoms with Crippen LogP contribution in [0.15, 0.2) is 0 Å². The Bertz CT molecular complexity index is 184. The van der Waals surface area contributed by atoms with Gasteiger partial charge in [-0.25, -0.2) is 0 Å². The SMILES string of the molecule is CCN(CCCO)CC(=O)NCCC(C)C. The number of nitrogens with zero attached hydrogens (tertiary/aromatic N) is 1. The van der Waals surface area contributed by atoms with E-state index in [1.54, 1.807) is 0 Å². The quantitative estimate of drug-likeness (QED) is 0.617. The summed E-state index contributed by atoms with van der Waals surface area (Å²) < 4.78 is 0. The van der Waals surface area contributed by atoms with Crippen molar-refractivity contribution < 1.29 is 9.90 Å². The van der Waals surface area contributed by atoms with Gasteiger partial charge in [0.15, 0.2) is 0 Å². The maximum Gasteiger partial charge on any atom is 0.234 e. The van der Waals surface area contributed by atoms with Crippen molar-refractivity contribution >= 4 is 5.91 Å². The van der Waals surface area contributed by atoms with Crippen LogP contribution in [0.4, 0.5) is 0 Å². The monoisotopic (exact) mass is 230 g/mol. The van der Waals surface area contributed by atoms with Crippen molar-refractivity contribution in [2.24, 2.45) is 5.92 Å². The number of rotatable bonds is 9. The van der Waals surface area contributed by atoms with E-state index < -0.39 is 0 Å². The third-order valence-corrected chi connectivity index (χ3v) is 2.49. The zero-order valence-corrected chi connectivity index (χ0v) is 10.8. The zero-order valence-electron chi connectivity index (χ0n) is 10.8. The zero-order chi connectivity index (χ0) is 12.4. The van der Waals surface area contributed by atoms with Gasteiger partial charge in [0.1, 0.15) is 0 Å². The van der Waals surface area contributed by atoms with Gasteiger partial charge in [-0.2, -0.15) is 0 Å². The summed E-state index contributed by atoms with van der Waals surface area (Å²) in [5.74, 6) is 0.706. The van der Waals surface area contributed by atoms with Gasteiger partial charge in [0.25, 0.3) is 0 Å². The Morgan fingerprint density at radius 1 is 1.44 bits per heavy atom. The Hall–Kier alpha value is -0.610. The molecule has 0 aliphatic rings. The molecule has 0 aromatic heterocycles. The van der Waals surface area contributed by atoms with Crippen LogP contribution < -0.4 is 5.32 Å². The van der Waals surface area contributed by atoms with Crippen LogP contribution in [0.2, 0.25) is 0 Å². The number of likely N-dealkylation sites (N-methyl/N-ethyl adjacent to an activating group) is 1. The number of carbonyl (C=O) groups is 1. The Balaban J connectivity index is 3.65. The molecule has 0 aliphatic carbocycles. The van der Waals surface area contributed by atoms with E-state index in [9.17, 15) is 4.79 Å². The van der Waals surface area contributed by atoms with Gasteiger partial charge in [0.05, 0.1) is 6.54 Å². The van der Waals surface area contributed by atoms with Crippen LogP contribution in [0.25, 0.3) is 0 Å². The molecule has 0 atom stereocenters. The summed E-state index contributed by atoms with van der Waals surface area (Å²) in [7, 11) is 0. The fourth-order valence-corrected chi connectivity index (χ4v) is 1.40. The van der Waals surface area contributed by atoms with Crippen LogP contribution in [-0.4, -0.2) is 48.7 Å². The van der Waals surface area contributed by atoms with Crippen molar-refractivity contribution in [1.82, 2.24) is 10.2 Å². The molecule has 2 N–H and O–H groups in total. The van der Waals surface area contributed by atoms with Crippen LogP contribution in [0, 0.1) is 5.92 Å². The second-order valence-corrected chi connectivity index (χ2v) is 4.48. The average molecular weight is 230 g/mol. The molecule has 4 heteroatoms. The van der Waals surface area contributed by atoms with Gasteiger partial charge >= 0.3 is 0 Å². The molecule has 16 heavy (non-hydrogen) atoms. The number of hydrogen-bond acceptors (Lipinski definition) is 3. The molecular weight excluding hydrogens is 204 g/mol. The van der Waals surface area contributed by atoms with Gasteiger partial charge < -0.3 is 10.4 Å². The lowest BCUT2D eigenvalue weighted by molar-refractivity contribution is -0.122. The lowest BCUT2D eigenvalue weighted by Gasteiger charge is -2.19. The lowest BCUT2D eigenvalue weighted by atomic mass is 10.1. The van der Waals surface area contributed by atoms with E-state index in [0.29, 0.717) is 12.5 Å². The molecule has 0 saturated carbocycles. The second kappa shape index (κ2) is 9.60. The Labute approximate surface area is 99.0 Å². The lowest BCUT2D eigenvalue weighted by Crippen LogP contribution is -2.38. The van der Waals surface area contributed by atoms with Crippen molar-refractivity contribution in [2.75, 3.05) is 32.8 Å². The summed E-state index contributed by atoms with van der Waals surface area (Å²) in [5, 5.41) is 11.6. The number of amides is 1. The summed E-state index contributed by atoms with van der Waals surface area (Å²) in [6.45, 7) is 9.33. The van der Waals surface area contributed by atoms with Crippen molar-refractivity contribution in [3.63, 3.8) is 0 Å². The highest BCUT2D eigenvalue weighted by molar-refractivity contribution is 5.77. The second-order valence-electron chi connectivity index (χ2n) is 4.48. The van der Waals surface area contributed by atoms with Gasteiger partial charge in [0.2, 0.25) is 5.91 Å². The molecule has 96 valence electrons. The fourth-order valence-electron chi connectivity index (χ4n) is 1.40. The molecule has 0 radical (unpaired) electrons. The van der Waals surface area contributed by atoms with Crippen molar-refractivity contribution in [1.29, 1.82) is 0 Å². The fraction of sp³-hybridized carbons (Fsp3) is 0.917. The highest BCUT2D eigenvalue weighted by Crippen LogP contribution is 1.96. The molecule has 0 unspecified atom stereocenters. The molecule has 0 aromatic carbocycles. The van der Waals surface area contributed by atoms with E-state index in [-0.39, 0.29) is 12.5 Å². The van der Waals surface area contributed by atoms with Crippen LogP contribution in [-0.2, 0) is 4.79 Å². The topological polar surface area (TPSA) is 52.6 Å². The minimum Gasteiger partial charge on any atom is -0.396 e. The largest absolute Gasteiger partial charge is 0.396 e. The molecular formula is C12H26N2O2. The highest BCUT2D eigenvalue weighted by Gasteiger charge is 2.07. The minimum absolute atomic E-state index is 0.0837. The number of hydrogen-bond donors (Lipinski definition) is 2. The summed E-state index contributed by atoms with van der Waals surface area (Å²) in [6, 6.07) is 0. The summed E-state index contributed by atoms with van der Waals surface area (Å²) in [4.78, 5) is 13.6. The minimum atomic E-state index is 0.0837. The predicted octanol–water partition coefficient (Wildman–Crippen LogP) is 0.853. The highest BCUT2D eigenvalue weighted by atomic mass is 16.3. The molecule has 0 aliphatic heterocycles. The standard InChI is InChI=1S/C12H26N2O2/c1-4-14(8-5-9-15)10-12(16)13-7-6-11(2)3/h11,15H,4-10H2,1-3H3,(H,13,16). The van der Waals surface area contributed by atoms with E-state index in [0.717, 1.165) is 32.5 Å². The van der Waals surface area contributed by atoms with Gasteiger partial charge in [0, 0.05) is 19.7 Å². The predicted molar refractivity (Wildman–Crippen MR) is 66.3 cm³/mol. The molecule has 0 rings (SSSR count). The van der Waals surface area contributed by atoms with E-state index in [1.165, 1.54) is 0 Å². The Morgan fingerprint density at radius 3 is 2.62 bits per heavy atom. The van der Waals surface area contributed by atoms with E-state index in [2.05, 4.69) is 19.2 Å². The molecule has 4 nitrogen and oxygen atoms in total. The molecule has 0 heterocycles. The van der Waals surface area contributed by atoms with Crippen LogP contribution >= 0.6 is 0 Å². The molecule has 1 amide bonds. The first-order valence-corrected chi connectivity index (χ1v) is 6.20. The normalized spacial score (nSPS) is 11.1. The third kappa shape index (κ3) is 8.68. The summed E-state index contributed by atoms with van der Waals surface area (Å²) >= 11 is 0. The van der Waals surface area contributed by atoms with Gasteiger partial charge in [-0.05, 0) is 25.3 Å². The van der Waals surface area contributed by atoms with Crippen molar-refractivity contribution in [3.05, 3.63) is 0 Å². The first-order chi connectivity index (χ1) is 7.60. The van der Waals surface area contributed by atoms with E-state index in [4.69, 9.17) is 5.11 Å². The first-order valence-electron chi connectivity index (χ1n) is 6.20. The van der Waals surface area contributed by atoms with Gasteiger partial charge in [-0.15, -0.1) is 0 Å². The number of aliphatic hydroxyl groups is 1. The number of aliphatic hydroxyl groups excluding tert-OH is 1. The number of nitrogens with one attached hydrogen (secondary N) is 1. The third-order valence-electron chi connectivity index (χ3n) is 2.49. The molecule has 0 spiro atoms. The van der Waals surface area contributed by atoms with Crippen LogP contribution in [0.5, 0.6) is 0 Å². The van der Waals surface area contributed by atoms with Gasteiger partial charge in [-0.1, -0.05) is 20.8 Å². The average Bonchev–Trinajstić information content (AvgIpc) is 2.23. The molecule has 0 aromatic rings.